The van der Waals surface area contributed by atoms with Crippen molar-refractivity contribution in [3.8, 4) is 17.2 Å². The number of ether oxygens (including phenoxy) is 1. The third-order valence-corrected chi connectivity index (χ3v) is 7.07. The lowest BCUT2D eigenvalue weighted by Gasteiger charge is -2.39. The van der Waals surface area contributed by atoms with Gasteiger partial charge in [-0.2, -0.15) is 5.10 Å². The number of aliphatic hydroxyl groups is 1. The van der Waals surface area contributed by atoms with Crippen molar-refractivity contribution in [3.05, 3.63) is 78.2 Å². The molecule has 1 aromatic heterocycles. The number of nitrogens with one attached hydrogen (secondary N) is 1. The van der Waals surface area contributed by atoms with Gasteiger partial charge in [-0.3, -0.25) is 0 Å². The highest BCUT2D eigenvalue weighted by molar-refractivity contribution is 5.96. The molecule has 0 saturated carbocycles. The number of carbonyl (C=O) groups is 2. The molecule has 10 heteroatoms. The number of aromatic nitrogens is 2. The van der Waals surface area contributed by atoms with Crippen LogP contribution in [0.3, 0.4) is 0 Å². The molecule has 5 rings (SSSR count). The Bertz CT molecular complexity index is 1520. The Labute approximate surface area is 230 Å². The Balaban J connectivity index is 1.45. The molecule has 2 amide bonds. The van der Waals surface area contributed by atoms with Crippen molar-refractivity contribution in [1.82, 2.24) is 14.7 Å². The first-order valence-electron chi connectivity index (χ1n) is 13.2. The second-order valence-corrected chi connectivity index (χ2v) is 10.6. The predicted molar refractivity (Wildman–Crippen MR) is 149 cm³/mol. The highest BCUT2D eigenvalue weighted by Crippen LogP contribution is 2.35. The summed E-state index contributed by atoms with van der Waals surface area (Å²) in [5, 5.41) is 28.2. The zero-order chi connectivity index (χ0) is 28.4. The molecule has 1 aliphatic rings. The summed E-state index contributed by atoms with van der Waals surface area (Å²) in [6.45, 7) is 5.02. The largest absolute Gasteiger partial charge is 0.478 e. The van der Waals surface area contributed by atoms with Gasteiger partial charge in [0.1, 0.15) is 17.3 Å². The number of nitrogens with zero attached hydrogens (tertiary/aromatic N) is 3. The van der Waals surface area contributed by atoms with Crippen molar-refractivity contribution in [2.24, 2.45) is 5.92 Å². The van der Waals surface area contributed by atoms with Crippen LogP contribution in [-0.4, -0.2) is 55.6 Å². The predicted octanol–water partition coefficient (Wildman–Crippen LogP) is 6.06. The van der Waals surface area contributed by atoms with E-state index in [0.29, 0.717) is 72.0 Å². The molecule has 1 saturated heterocycles. The molecule has 9 nitrogen and oxygen atoms in total. The number of fused-ring (bicyclic) bond motifs is 1. The van der Waals surface area contributed by atoms with Gasteiger partial charge in [-0.15, -0.1) is 0 Å². The van der Waals surface area contributed by atoms with Crippen LogP contribution in [-0.2, 0) is 0 Å². The Morgan fingerprint density at radius 1 is 1.07 bits per heavy atom. The monoisotopic (exact) mass is 546 g/mol. The Kier molecular flexibility index (Phi) is 7.44. The number of piperidine rings is 1. The number of carbonyl (C=O) groups excluding carboxylic acids is 1. The number of rotatable bonds is 7. The highest BCUT2D eigenvalue weighted by atomic mass is 19.1. The summed E-state index contributed by atoms with van der Waals surface area (Å²) in [4.78, 5) is 26.2. The Hall–Kier alpha value is -4.44. The van der Waals surface area contributed by atoms with E-state index in [0.717, 1.165) is 0 Å². The molecule has 0 aliphatic carbocycles. The van der Waals surface area contributed by atoms with E-state index in [-0.39, 0.29) is 11.6 Å². The second-order valence-electron chi connectivity index (χ2n) is 10.6. The standard InChI is InChI=1S/C30H31FN4O5/c1-19(2)17-30(39)11-13-34(14-12-30)29(38)33-22-15-26-25(27(16-22)40-24-9-5-21(31)6-10-24)18-32-35(26)23-7-3-20(4-8-23)28(36)37/h3-10,15-16,18-19,39H,11-14,17H2,1-2H3,(H,33,38)(H,36,37). The van der Waals surface area contributed by atoms with Gasteiger partial charge >= 0.3 is 12.0 Å². The zero-order valence-corrected chi connectivity index (χ0v) is 22.3. The van der Waals surface area contributed by atoms with E-state index in [1.54, 1.807) is 40.0 Å². The van der Waals surface area contributed by atoms with Gasteiger partial charge in [-0.05, 0) is 79.8 Å². The normalized spacial score (nSPS) is 14.9. The Morgan fingerprint density at radius 3 is 2.38 bits per heavy atom. The molecular weight excluding hydrogens is 515 g/mol. The van der Waals surface area contributed by atoms with Crippen LogP contribution in [0.5, 0.6) is 11.5 Å². The molecular formula is C30H31FN4O5. The minimum absolute atomic E-state index is 0.148. The molecule has 3 aromatic carbocycles. The molecule has 1 aliphatic heterocycles. The number of aromatic carboxylic acids is 1. The lowest BCUT2D eigenvalue weighted by Crippen LogP contribution is -2.48. The summed E-state index contributed by atoms with van der Waals surface area (Å²) in [6, 6.07) is 15.0. The van der Waals surface area contributed by atoms with Gasteiger partial charge in [0.15, 0.2) is 0 Å². The first kappa shape index (κ1) is 27.1. The molecule has 0 spiro atoms. The van der Waals surface area contributed by atoms with Crippen molar-refractivity contribution in [2.45, 2.75) is 38.7 Å². The van der Waals surface area contributed by atoms with Gasteiger partial charge in [0.05, 0.1) is 34.0 Å². The van der Waals surface area contributed by atoms with Crippen molar-refractivity contribution in [1.29, 1.82) is 0 Å². The summed E-state index contributed by atoms with van der Waals surface area (Å²) in [7, 11) is 0. The van der Waals surface area contributed by atoms with Crippen LogP contribution in [0.1, 0.15) is 43.5 Å². The molecule has 3 N–H and O–H groups in total. The lowest BCUT2D eigenvalue weighted by atomic mass is 9.84. The molecule has 0 bridgehead atoms. The van der Waals surface area contributed by atoms with Crippen LogP contribution in [0.4, 0.5) is 14.9 Å². The number of carboxylic acids is 1. The topological polar surface area (TPSA) is 117 Å². The number of carboxylic acid groups (broad SMARTS) is 1. The average Bonchev–Trinajstić information content (AvgIpc) is 3.34. The fourth-order valence-corrected chi connectivity index (χ4v) is 5.12. The van der Waals surface area contributed by atoms with Crippen LogP contribution < -0.4 is 10.1 Å². The third-order valence-electron chi connectivity index (χ3n) is 7.07. The maximum atomic E-state index is 13.5. The van der Waals surface area contributed by atoms with E-state index in [1.807, 2.05) is 0 Å². The fraction of sp³-hybridized carbons (Fsp3) is 0.300. The molecule has 1 fully saturated rings. The van der Waals surface area contributed by atoms with E-state index in [4.69, 9.17) is 4.74 Å². The number of likely N-dealkylation sites (tertiary alicyclic amines) is 1. The van der Waals surface area contributed by atoms with Crippen molar-refractivity contribution in [2.75, 3.05) is 18.4 Å². The van der Waals surface area contributed by atoms with Crippen LogP contribution >= 0.6 is 0 Å². The summed E-state index contributed by atoms with van der Waals surface area (Å²) in [5.74, 6) is -0.250. The minimum atomic E-state index is -1.03. The first-order valence-corrected chi connectivity index (χ1v) is 13.2. The Morgan fingerprint density at radius 2 is 1.75 bits per heavy atom. The van der Waals surface area contributed by atoms with Crippen LogP contribution in [0.2, 0.25) is 0 Å². The summed E-state index contributed by atoms with van der Waals surface area (Å²) < 4.78 is 21.2. The van der Waals surface area contributed by atoms with E-state index in [1.165, 1.54) is 36.4 Å². The van der Waals surface area contributed by atoms with Crippen LogP contribution in [0.25, 0.3) is 16.6 Å². The molecule has 0 unspecified atom stereocenters. The molecule has 40 heavy (non-hydrogen) atoms. The van der Waals surface area contributed by atoms with Gasteiger partial charge < -0.3 is 25.2 Å². The molecule has 0 radical (unpaired) electrons. The number of amides is 2. The van der Waals surface area contributed by atoms with E-state index in [2.05, 4.69) is 24.3 Å². The van der Waals surface area contributed by atoms with Gasteiger partial charge in [-0.25, -0.2) is 18.7 Å². The van der Waals surface area contributed by atoms with Crippen LogP contribution in [0, 0.1) is 11.7 Å². The van der Waals surface area contributed by atoms with Crippen molar-refractivity contribution in [3.63, 3.8) is 0 Å². The number of benzene rings is 3. The minimum Gasteiger partial charge on any atom is -0.478 e. The lowest BCUT2D eigenvalue weighted by molar-refractivity contribution is -0.0268. The van der Waals surface area contributed by atoms with E-state index in [9.17, 15) is 24.2 Å². The second kappa shape index (κ2) is 11.0. The van der Waals surface area contributed by atoms with Gasteiger partial charge in [0, 0.05) is 24.8 Å². The third kappa shape index (κ3) is 5.91. The number of anilines is 1. The van der Waals surface area contributed by atoms with Gasteiger partial charge in [-0.1, -0.05) is 13.8 Å². The van der Waals surface area contributed by atoms with Gasteiger partial charge in [0.25, 0.3) is 0 Å². The number of urea groups is 1. The fourth-order valence-electron chi connectivity index (χ4n) is 5.12. The highest BCUT2D eigenvalue weighted by Gasteiger charge is 2.34. The molecule has 0 atom stereocenters. The maximum Gasteiger partial charge on any atom is 0.335 e. The number of hydrogen-bond acceptors (Lipinski definition) is 5. The van der Waals surface area contributed by atoms with Crippen molar-refractivity contribution < 1.29 is 28.9 Å². The van der Waals surface area contributed by atoms with Gasteiger partial charge in [0.2, 0.25) is 0 Å². The smallest absolute Gasteiger partial charge is 0.335 e. The van der Waals surface area contributed by atoms with E-state index < -0.39 is 17.4 Å². The SMILES string of the molecule is CC(C)CC1(O)CCN(C(=O)Nc2cc(Oc3ccc(F)cc3)c3cnn(-c4ccc(C(=O)O)cc4)c3c2)CC1. The molecule has 2 heterocycles. The van der Waals surface area contributed by atoms with Crippen molar-refractivity contribution >= 4 is 28.6 Å². The number of halogens is 1. The summed E-state index contributed by atoms with van der Waals surface area (Å²) in [6.07, 6.45) is 3.33. The van der Waals surface area contributed by atoms with E-state index >= 15 is 0 Å². The zero-order valence-electron chi connectivity index (χ0n) is 22.3. The summed E-state index contributed by atoms with van der Waals surface area (Å²) in [5.41, 5.74) is 1.08. The average molecular weight is 547 g/mol. The summed E-state index contributed by atoms with van der Waals surface area (Å²) >= 11 is 0. The quantitative estimate of drug-likeness (QED) is 0.259. The van der Waals surface area contributed by atoms with Crippen LogP contribution in [0.15, 0.2) is 66.9 Å². The number of hydrogen-bond donors (Lipinski definition) is 3. The molecule has 208 valence electrons. The maximum absolute atomic E-state index is 13.5. The molecule has 4 aromatic rings. The first-order chi connectivity index (χ1) is 19.1.